The van der Waals surface area contributed by atoms with Gasteiger partial charge in [0.05, 0.1) is 11.4 Å². The highest BCUT2D eigenvalue weighted by Gasteiger charge is 2.22. The Morgan fingerprint density at radius 2 is 1.75 bits per heavy atom. The molecule has 5 nitrogen and oxygen atoms in total. The molecule has 0 bridgehead atoms. The van der Waals surface area contributed by atoms with E-state index in [9.17, 15) is 14.0 Å². The van der Waals surface area contributed by atoms with Gasteiger partial charge in [-0.1, -0.05) is 51.1 Å². The molecule has 1 unspecified atom stereocenters. The largest absolute Gasteiger partial charge is 0.344 e. The molecule has 0 saturated heterocycles. The molecule has 0 spiro atoms. The fraction of sp³-hybridized carbons (Fsp3) is 0.318. The highest BCUT2D eigenvalue weighted by molar-refractivity contribution is 6.04. The molecule has 3 aromatic rings. The van der Waals surface area contributed by atoms with Crippen LogP contribution in [-0.2, 0) is 6.54 Å². The molecule has 1 N–H and O–H groups in total. The molecular weight excluding hydrogens is 357 g/mol. The molecule has 0 saturated carbocycles. The lowest BCUT2D eigenvalue weighted by Gasteiger charge is -2.23. The van der Waals surface area contributed by atoms with Crippen LogP contribution in [0.15, 0.2) is 53.3 Å². The van der Waals surface area contributed by atoms with Gasteiger partial charge in [-0.05, 0) is 36.1 Å². The first-order chi connectivity index (χ1) is 13.4. The van der Waals surface area contributed by atoms with Crippen LogP contribution in [0.4, 0.5) is 4.39 Å². The van der Waals surface area contributed by atoms with E-state index in [1.165, 1.54) is 16.8 Å². The van der Waals surface area contributed by atoms with Crippen molar-refractivity contribution < 1.29 is 9.18 Å². The van der Waals surface area contributed by atoms with Crippen LogP contribution < -0.4 is 10.9 Å². The van der Waals surface area contributed by atoms with E-state index < -0.39 is 0 Å². The Kier molecular flexibility index (Phi) is 5.87. The molecule has 0 aliphatic rings. The van der Waals surface area contributed by atoms with E-state index in [1.54, 1.807) is 36.4 Å². The van der Waals surface area contributed by atoms with Crippen molar-refractivity contribution in [3.63, 3.8) is 0 Å². The van der Waals surface area contributed by atoms with Gasteiger partial charge >= 0.3 is 0 Å². The zero-order valence-corrected chi connectivity index (χ0v) is 16.3. The first kappa shape index (κ1) is 19.7. The second-order valence-electron chi connectivity index (χ2n) is 7.17. The summed E-state index contributed by atoms with van der Waals surface area (Å²) in [5, 5.41) is 8.35. The Bertz CT molecular complexity index is 1040. The number of rotatable bonds is 6. The number of nitrogens with zero attached hydrogens (tertiary/aromatic N) is 2. The van der Waals surface area contributed by atoms with Crippen molar-refractivity contribution in [3.8, 4) is 0 Å². The fourth-order valence-electron chi connectivity index (χ4n) is 3.28. The number of aromatic nitrogens is 2. The standard InChI is InChI=1S/C22H24FN3O2/c1-4-13-26-22(28)18-8-6-5-7-17(18)20(25-26)21(27)24-19(14(2)3)15-9-11-16(23)12-10-15/h5-12,14,19H,4,13H2,1-3H3,(H,24,27). The molecule has 146 valence electrons. The van der Waals surface area contributed by atoms with Gasteiger partial charge < -0.3 is 5.32 Å². The predicted molar refractivity (Wildman–Crippen MR) is 108 cm³/mol. The van der Waals surface area contributed by atoms with Gasteiger partial charge in [-0.2, -0.15) is 5.10 Å². The van der Waals surface area contributed by atoms with Crippen LogP contribution >= 0.6 is 0 Å². The summed E-state index contributed by atoms with van der Waals surface area (Å²) in [5.74, 6) is -0.594. The Hall–Kier alpha value is -3.02. The van der Waals surface area contributed by atoms with Crippen molar-refractivity contribution in [1.82, 2.24) is 15.1 Å². The minimum absolute atomic E-state index is 0.0854. The van der Waals surface area contributed by atoms with Gasteiger partial charge in [0.15, 0.2) is 5.69 Å². The first-order valence-corrected chi connectivity index (χ1v) is 9.48. The monoisotopic (exact) mass is 381 g/mol. The second-order valence-corrected chi connectivity index (χ2v) is 7.17. The Morgan fingerprint density at radius 3 is 2.36 bits per heavy atom. The summed E-state index contributed by atoms with van der Waals surface area (Å²) < 4.78 is 14.6. The summed E-state index contributed by atoms with van der Waals surface area (Å²) in [6, 6.07) is 12.8. The topological polar surface area (TPSA) is 64.0 Å². The number of fused-ring (bicyclic) bond motifs is 1. The molecule has 1 amide bonds. The van der Waals surface area contributed by atoms with Crippen molar-refractivity contribution in [3.05, 3.63) is 76.0 Å². The van der Waals surface area contributed by atoms with E-state index in [2.05, 4.69) is 10.4 Å². The third-order valence-corrected chi connectivity index (χ3v) is 4.70. The molecule has 28 heavy (non-hydrogen) atoms. The lowest BCUT2D eigenvalue weighted by Crippen LogP contribution is -2.35. The van der Waals surface area contributed by atoms with Gasteiger partial charge in [0.25, 0.3) is 11.5 Å². The summed E-state index contributed by atoms with van der Waals surface area (Å²) in [5.41, 5.74) is 0.834. The van der Waals surface area contributed by atoms with Gasteiger partial charge in [-0.15, -0.1) is 0 Å². The fourth-order valence-corrected chi connectivity index (χ4v) is 3.28. The number of aryl methyl sites for hydroxylation is 1. The summed E-state index contributed by atoms with van der Waals surface area (Å²) in [6.07, 6.45) is 0.733. The van der Waals surface area contributed by atoms with E-state index in [0.717, 1.165) is 12.0 Å². The van der Waals surface area contributed by atoms with Crippen LogP contribution in [-0.4, -0.2) is 15.7 Å². The van der Waals surface area contributed by atoms with Crippen LogP contribution in [0.3, 0.4) is 0 Å². The van der Waals surface area contributed by atoms with Gasteiger partial charge in [-0.3, -0.25) is 9.59 Å². The number of hydrogen-bond acceptors (Lipinski definition) is 3. The normalized spacial score (nSPS) is 12.3. The molecular formula is C22H24FN3O2. The number of amides is 1. The second kappa shape index (κ2) is 8.33. The lowest BCUT2D eigenvalue weighted by molar-refractivity contribution is 0.0920. The average molecular weight is 381 g/mol. The zero-order chi connectivity index (χ0) is 20.3. The van der Waals surface area contributed by atoms with Crippen molar-refractivity contribution in [2.75, 3.05) is 0 Å². The van der Waals surface area contributed by atoms with Crippen LogP contribution in [0.2, 0.25) is 0 Å². The van der Waals surface area contributed by atoms with E-state index in [0.29, 0.717) is 17.3 Å². The highest BCUT2D eigenvalue weighted by atomic mass is 19.1. The van der Waals surface area contributed by atoms with E-state index in [4.69, 9.17) is 0 Å². The van der Waals surface area contributed by atoms with E-state index in [-0.39, 0.29) is 34.9 Å². The average Bonchev–Trinajstić information content (AvgIpc) is 2.69. The van der Waals surface area contributed by atoms with Gasteiger partial charge in [0.2, 0.25) is 0 Å². The molecule has 0 radical (unpaired) electrons. The molecule has 6 heteroatoms. The third-order valence-electron chi connectivity index (χ3n) is 4.70. The quantitative estimate of drug-likeness (QED) is 0.700. The number of carbonyl (C=O) groups is 1. The smallest absolute Gasteiger partial charge is 0.274 e. The van der Waals surface area contributed by atoms with Crippen LogP contribution in [0, 0.1) is 11.7 Å². The number of hydrogen-bond donors (Lipinski definition) is 1. The minimum Gasteiger partial charge on any atom is -0.344 e. The maximum absolute atomic E-state index is 13.3. The molecule has 1 aromatic heterocycles. The molecule has 0 aliphatic carbocycles. The molecule has 0 fully saturated rings. The first-order valence-electron chi connectivity index (χ1n) is 9.48. The van der Waals surface area contributed by atoms with Crippen molar-refractivity contribution >= 4 is 16.7 Å². The molecule has 0 aliphatic heterocycles. The van der Waals surface area contributed by atoms with Crippen LogP contribution in [0.25, 0.3) is 10.8 Å². The lowest BCUT2D eigenvalue weighted by atomic mass is 9.95. The van der Waals surface area contributed by atoms with Crippen molar-refractivity contribution in [2.24, 2.45) is 5.92 Å². The molecule has 2 aromatic carbocycles. The SMILES string of the molecule is CCCn1nc(C(=O)NC(c2ccc(F)cc2)C(C)C)c2ccccc2c1=O. The summed E-state index contributed by atoms with van der Waals surface area (Å²) in [7, 11) is 0. The van der Waals surface area contributed by atoms with Crippen molar-refractivity contribution in [2.45, 2.75) is 39.8 Å². The third kappa shape index (κ3) is 3.96. The number of halogens is 1. The summed E-state index contributed by atoms with van der Waals surface area (Å²) >= 11 is 0. The molecule has 1 atom stereocenters. The number of carbonyl (C=O) groups excluding carboxylic acids is 1. The van der Waals surface area contributed by atoms with Gasteiger partial charge in [0, 0.05) is 11.9 Å². The number of benzene rings is 2. The van der Waals surface area contributed by atoms with E-state index in [1.807, 2.05) is 20.8 Å². The van der Waals surface area contributed by atoms with Crippen LogP contribution in [0.5, 0.6) is 0 Å². The Labute approximate surface area is 163 Å². The minimum atomic E-state index is -0.357. The summed E-state index contributed by atoms with van der Waals surface area (Å²) in [4.78, 5) is 25.7. The van der Waals surface area contributed by atoms with Crippen molar-refractivity contribution in [1.29, 1.82) is 0 Å². The van der Waals surface area contributed by atoms with E-state index >= 15 is 0 Å². The van der Waals surface area contributed by atoms with Crippen LogP contribution in [0.1, 0.15) is 49.3 Å². The summed E-state index contributed by atoms with van der Waals surface area (Å²) in [6.45, 7) is 6.36. The maximum atomic E-state index is 13.3. The Morgan fingerprint density at radius 1 is 1.11 bits per heavy atom. The highest BCUT2D eigenvalue weighted by Crippen LogP contribution is 2.23. The van der Waals surface area contributed by atoms with Gasteiger partial charge in [-0.25, -0.2) is 9.07 Å². The molecule has 3 rings (SSSR count). The predicted octanol–water partition coefficient (Wildman–Crippen LogP) is 4.07. The Balaban J connectivity index is 2.03. The molecule has 1 heterocycles. The maximum Gasteiger partial charge on any atom is 0.274 e. The zero-order valence-electron chi connectivity index (χ0n) is 16.3. The van der Waals surface area contributed by atoms with Gasteiger partial charge in [0.1, 0.15) is 5.82 Å². The number of nitrogens with one attached hydrogen (secondary N) is 1.